The van der Waals surface area contributed by atoms with Crippen LogP contribution in [-0.4, -0.2) is 44.0 Å². The van der Waals surface area contributed by atoms with Crippen molar-refractivity contribution in [1.82, 2.24) is 4.90 Å². The molecule has 1 fully saturated rings. The van der Waals surface area contributed by atoms with Gasteiger partial charge in [0.15, 0.2) is 0 Å². The van der Waals surface area contributed by atoms with Crippen molar-refractivity contribution >= 4 is 45.0 Å². The van der Waals surface area contributed by atoms with E-state index in [1.54, 1.807) is 11.0 Å². The van der Waals surface area contributed by atoms with Crippen LogP contribution < -0.4 is 10.0 Å². The molecule has 2 aromatic carbocycles. The van der Waals surface area contributed by atoms with Gasteiger partial charge in [-0.25, -0.2) is 17.2 Å². The number of anilines is 2. The molecule has 32 heavy (non-hydrogen) atoms. The number of carbonyl (C=O) groups is 2. The maximum atomic E-state index is 13.9. The number of benzene rings is 2. The van der Waals surface area contributed by atoms with Crippen molar-refractivity contribution in [2.24, 2.45) is 5.92 Å². The van der Waals surface area contributed by atoms with E-state index in [-0.39, 0.29) is 28.8 Å². The van der Waals surface area contributed by atoms with E-state index in [1.165, 1.54) is 23.9 Å². The maximum Gasteiger partial charge on any atom is 0.262 e. The predicted octanol–water partition coefficient (Wildman–Crippen LogP) is 3.44. The molecule has 2 aliphatic rings. The largest absolute Gasteiger partial charge is 0.343 e. The summed E-state index contributed by atoms with van der Waals surface area (Å²) in [7, 11) is -4.19. The highest BCUT2D eigenvalue weighted by Crippen LogP contribution is 2.35. The molecule has 7 nitrogen and oxygen atoms in total. The van der Waals surface area contributed by atoms with Crippen LogP contribution in [-0.2, 0) is 19.6 Å². The summed E-state index contributed by atoms with van der Waals surface area (Å²) in [5.41, 5.74) is -0.0844. The molecule has 0 aromatic heterocycles. The van der Waals surface area contributed by atoms with Gasteiger partial charge in [0.25, 0.3) is 10.0 Å². The van der Waals surface area contributed by atoms with Crippen LogP contribution in [0.4, 0.5) is 20.2 Å². The van der Waals surface area contributed by atoms with Gasteiger partial charge in [-0.15, -0.1) is 11.8 Å². The lowest BCUT2D eigenvalue weighted by Crippen LogP contribution is -2.33. The van der Waals surface area contributed by atoms with Crippen LogP contribution in [0.3, 0.4) is 0 Å². The zero-order valence-corrected chi connectivity index (χ0v) is 18.6. The summed E-state index contributed by atoms with van der Waals surface area (Å²) in [6.07, 6.45) is 2.04. The molecule has 2 amide bonds. The molecule has 0 saturated carbocycles. The van der Waals surface area contributed by atoms with Crippen LogP contribution in [0.1, 0.15) is 19.3 Å². The van der Waals surface area contributed by atoms with Crippen molar-refractivity contribution in [2.75, 3.05) is 28.9 Å². The minimum Gasteiger partial charge on any atom is -0.343 e. The zero-order chi connectivity index (χ0) is 22.9. The molecule has 170 valence electrons. The Bertz CT molecular complexity index is 1170. The molecule has 2 heterocycles. The lowest BCUT2D eigenvalue weighted by Gasteiger charge is -2.18. The summed E-state index contributed by atoms with van der Waals surface area (Å²) in [5.74, 6) is -2.42. The Kier molecular flexibility index (Phi) is 6.38. The number of nitrogens with one attached hydrogen (secondary N) is 2. The van der Waals surface area contributed by atoms with E-state index in [9.17, 15) is 26.8 Å². The number of thioether (sulfide) groups is 1. The molecular formula is C21H21F2N3O4S2. The van der Waals surface area contributed by atoms with E-state index < -0.39 is 27.6 Å². The molecule has 11 heteroatoms. The summed E-state index contributed by atoms with van der Waals surface area (Å²) < 4.78 is 54.5. The van der Waals surface area contributed by atoms with Crippen LogP contribution in [0.25, 0.3) is 0 Å². The second-order valence-corrected chi connectivity index (χ2v) is 10.4. The first kappa shape index (κ1) is 22.5. The van der Waals surface area contributed by atoms with Gasteiger partial charge in [-0.2, -0.15) is 0 Å². The predicted molar refractivity (Wildman–Crippen MR) is 117 cm³/mol. The number of likely N-dealkylation sites (tertiary alicyclic amines) is 1. The van der Waals surface area contributed by atoms with Gasteiger partial charge in [0.1, 0.15) is 11.6 Å². The van der Waals surface area contributed by atoms with Crippen LogP contribution in [0, 0.1) is 17.6 Å². The highest BCUT2D eigenvalue weighted by atomic mass is 32.2. The number of sulfonamides is 1. The Hall–Kier alpha value is -2.66. The fraction of sp³-hybridized carbons (Fsp3) is 0.333. The Morgan fingerprint density at radius 3 is 2.62 bits per heavy atom. The van der Waals surface area contributed by atoms with E-state index in [4.69, 9.17) is 0 Å². The fourth-order valence-corrected chi connectivity index (χ4v) is 5.81. The van der Waals surface area contributed by atoms with Gasteiger partial charge in [0.2, 0.25) is 11.8 Å². The monoisotopic (exact) mass is 481 g/mol. The minimum absolute atomic E-state index is 0.0528. The summed E-state index contributed by atoms with van der Waals surface area (Å²) in [5, 5.41) is 2.72. The van der Waals surface area contributed by atoms with Gasteiger partial charge in [0, 0.05) is 36.2 Å². The molecule has 1 atom stereocenters. The van der Waals surface area contributed by atoms with Crippen LogP contribution in [0.5, 0.6) is 0 Å². The van der Waals surface area contributed by atoms with E-state index in [2.05, 4.69) is 10.0 Å². The first-order valence-corrected chi connectivity index (χ1v) is 12.5. The number of halogens is 2. The van der Waals surface area contributed by atoms with Crippen molar-refractivity contribution in [2.45, 2.75) is 29.1 Å². The van der Waals surface area contributed by atoms with Crippen molar-refractivity contribution in [3.05, 3.63) is 48.0 Å². The number of nitrogens with zero attached hydrogens (tertiary/aromatic N) is 1. The molecule has 0 unspecified atom stereocenters. The smallest absolute Gasteiger partial charge is 0.262 e. The Morgan fingerprint density at radius 1 is 1.16 bits per heavy atom. The quantitative estimate of drug-likeness (QED) is 0.682. The summed E-state index contributed by atoms with van der Waals surface area (Å²) >= 11 is 1.36. The number of hydrogen-bond acceptors (Lipinski definition) is 5. The molecule has 0 aliphatic carbocycles. The maximum absolute atomic E-state index is 13.9. The third kappa shape index (κ3) is 4.88. The normalized spacial score (nSPS) is 18.6. The standard InChI is InChI=1S/C21H21F2N3O4S2/c22-14-3-5-17(16(23)10-14)25-32(29,30)15-4-6-19-18(11-15)24-21(28)13(12-31-19)9-20(27)26-7-1-2-8-26/h3-6,10-11,13,25H,1-2,7-9,12H2,(H,24,28)/t13-/m0/s1. The molecule has 2 aromatic rings. The molecule has 2 aliphatic heterocycles. The highest BCUT2D eigenvalue weighted by molar-refractivity contribution is 7.99. The number of hydrogen-bond donors (Lipinski definition) is 2. The number of carbonyl (C=O) groups excluding carboxylic acids is 2. The van der Waals surface area contributed by atoms with Crippen LogP contribution in [0.15, 0.2) is 46.2 Å². The first-order chi connectivity index (χ1) is 15.2. The number of amides is 2. The van der Waals surface area contributed by atoms with Gasteiger partial charge in [-0.1, -0.05) is 0 Å². The SMILES string of the molecule is O=C1Nc2cc(S(=O)(=O)Nc3ccc(F)cc3F)ccc2SC[C@@H]1CC(=O)N1CCCC1. The molecule has 1 saturated heterocycles. The van der Waals surface area contributed by atoms with Gasteiger partial charge < -0.3 is 10.2 Å². The summed E-state index contributed by atoms with van der Waals surface area (Å²) in [4.78, 5) is 27.4. The van der Waals surface area contributed by atoms with Gasteiger partial charge >= 0.3 is 0 Å². The van der Waals surface area contributed by atoms with Crippen molar-refractivity contribution in [3.8, 4) is 0 Å². The Labute approximate surface area is 188 Å². The van der Waals surface area contributed by atoms with E-state index in [1.807, 2.05) is 0 Å². The second kappa shape index (κ2) is 9.07. The fourth-order valence-electron chi connectivity index (χ4n) is 3.63. The topological polar surface area (TPSA) is 95.6 Å². The molecule has 0 spiro atoms. The van der Waals surface area contributed by atoms with Gasteiger partial charge in [-0.3, -0.25) is 14.3 Å². The Morgan fingerprint density at radius 2 is 1.91 bits per heavy atom. The molecule has 4 rings (SSSR count). The van der Waals surface area contributed by atoms with Crippen LogP contribution >= 0.6 is 11.8 Å². The molecule has 2 N–H and O–H groups in total. The lowest BCUT2D eigenvalue weighted by atomic mass is 10.1. The number of fused-ring (bicyclic) bond motifs is 1. The molecule has 0 radical (unpaired) electrons. The third-order valence-corrected chi connectivity index (χ3v) is 7.98. The molecular weight excluding hydrogens is 460 g/mol. The molecule has 0 bridgehead atoms. The van der Waals surface area contributed by atoms with Gasteiger partial charge in [-0.05, 0) is 43.2 Å². The highest BCUT2D eigenvalue weighted by Gasteiger charge is 2.30. The Balaban J connectivity index is 1.50. The average molecular weight is 482 g/mol. The zero-order valence-electron chi connectivity index (χ0n) is 16.9. The van der Waals surface area contributed by atoms with Crippen molar-refractivity contribution in [1.29, 1.82) is 0 Å². The van der Waals surface area contributed by atoms with E-state index in [0.717, 1.165) is 25.0 Å². The summed E-state index contributed by atoms with van der Waals surface area (Å²) in [6, 6.07) is 6.70. The second-order valence-electron chi connectivity index (χ2n) is 7.68. The van der Waals surface area contributed by atoms with Crippen molar-refractivity contribution < 1.29 is 26.8 Å². The summed E-state index contributed by atoms with van der Waals surface area (Å²) in [6.45, 7) is 1.42. The van der Waals surface area contributed by atoms with Crippen LogP contribution in [0.2, 0.25) is 0 Å². The first-order valence-electron chi connectivity index (χ1n) is 10.1. The lowest BCUT2D eigenvalue weighted by molar-refractivity contribution is -0.133. The van der Waals surface area contributed by atoms with E-state index in [0.29, 0.717) is 35.5 Å². The van der Waals surface area contributed by atoms with E-state index >= 15 is 0 Å². The third-order valence-electron chi connectivity index (χ3n) is 5.39. The minimum atomic E-state index is -4.19. The van der Waals surface area contributed by atoms with Crippen molar-refractivity contribution in [3.63, 3.8) is 0 Å². The average Bonchev–Trinajstić information content (AvgIpc) is 3.23. The number of rotatable bonds is 5. The van der Waals surface area contributed by atoms with Gasteiger partial charge in [0.05, 0.1) is 22.2 Å².